The average Bonchev–Trinajstić information content (AvgIpc) is 3.68. The average molecular weight is 611 g/mol. The van der Waals surface area contributed by atoms with Crippen molar-refractivity contribution in [2.75, 3.05) is 6.61 Å². The van der Waals surface area contributed by atoms with E-state index in [9.17, 15) is 14.4 Å². The molecule has 12 nitrogen and oxygen atoms in total. The fourth-order valence-corrected chi connectivity index (χ4v) is 4.69. The molecular weight excluding hydrogens is 584 g/mol. The van der Waals surface area contributed by atoms with E-state index in [2.05, 4.69) is 19.6 Å². The molecule has 0 fully saturated rings. The molecule has 0 saturated heterocycles. The van der Waals surface area contributed by atoms with Crippen LogP contribution < -0.4 is 16.3 Å². The third-order valence-electron chi connectivity index (χ3n) is 6.62. The van der Waals surface area contributed by atoms with Gasteiger partial charge in [-0.3, -0.25) is 14.1 Å². The maximum absolute atomic E-state index is 13.2. The zero-order valence-corrected chi connectivity index (χ0v) is 22.6. The molecule has 3 aromatic heterocycles. The third-order valence-corrected chi connectivity index (χ3v) is 6.62. The Labute approximate surface area is 273 Å². The molecule has 0 unspecified atom stereocenters. The zero-order chi connectivity index (χ0) is 29.2. The van der Waals surface area contributed by atoms with Crippen LogP contribution in [0.2, 0.25) is 0 Å². The fraction of sp³-hybridized carbons (Fsp3) is 0.167. The first-order valence-electron chi connectivity index (χ1n) is 13.0. The molecule has 13 heteroatoms. The van der Waals surface area contributed by atoms with Gasteiger partial charge in [-0.1, -0.05) is 59.8 Å². The quantitative estimate of drug-likeness (QED) is 0.189. The molecule has 0 aliphatic heterocycles. The van der Waals surface area contributed by atoms with Crippen LogP contribution in [0, 0.1) is 6.92 Å². The van der Waals surface area contributed by atoms with Gasteiger partial charge in [0.15, 0.2) is 24.0 Å². The number of carbonyl (C=O) groups excluding carboxylic acids is 1. The van der Waals surface area contributed by atoms with Crippen molar-refractivity contribution in [3.8, 4) is 28.5 Å². The number of esters is 1. The van der Waals surface area contributed by atoms with E-state index in [1.165, 1.54) is 0 Å². The second-order valence-electron chi connectivity index (χ2n) is 9.28. The van der Waals surface area contributed by atoms with Crippen molar-refractivity contribution in [2.45, 2.75) is 27.0 Å². The minimum absolute atomic E-state index is 0. The van der Waals surface area contributed by atoms with Gasteiger partial charge in [-0.05, 0) is 42.7 Å². The molecular formula is C30H26CaN4O8. The normalized spacial score (nSPS) is 10.9. The summed E-state index contributed by atoms with van der Waals surface area (Å²) in [6, 6.07) is 20.9. The van der Waals surface area contributed by atoms with Gasteiger partial charge in [-0.2, -0.15) is 4.98 Å². The van der Waals surface area contributed by atoms with Crippen LogP contribution >= 0.6 is 0 Å². The molecule has 0 bridgehead atoms. The number of carbonyl (C=O) groups is 1. The van der Waals surface area contributed by atoms with Crippen LogP contribution in [0.1, 0.15) is 34.4 Å². The summed E-state index contributed by atoms with van der Waals surface area (Å²) < 4.78 is 27.6. The summed E-state index contributed by atoms with van der Waals surface area (Å²) in [7, 11) is 0. The molecule has 3 heterocycles. The summed E-state index contributed by atoms with van der Waals surface area (Å²) in [5, 5.41) is 3.83. The number of H-pyrrole nitrogens is 1. The van der Waals surface area contributed by atoms with Crippen molar-refractivity contribution in [1.82, 2.24) is 19.7 Å². The van der Waals surface area contributed by atoms with Gasteiger partial charge in [0.25, 0.3) is 6.01 Å². The Kier molecular flexibility index (Phi) is 9.00. The molecule has 6 rings (SSSR count). The summed E-state index contributed by atoms with van der Waals surface area (Å²) in [4.78, 5) is 43.2. The number of aromatic amines is 1. The number of rotatable bonds is 9. The van der Waals surface area contributed by atoms with Gasteiger partial charge in [0.1, 0.15) is 0 Å². The van der Waals surface area contributed by atoms with Crippen LogP contribution in [-0.4, -0.2) is 70.0 Å². The molecule has 1 N–H and O–H groups in total. The Balaban J connectivity index is 0.00000368. The van der Waals surface area contributed by atoms with E-state index in [-0.39, 0.29) is 61.4 Å². The standard InChI is InChI=1S/C30H24N4O8.Ca.2H/c1-3-38-28-31-23-10-6-9-22(27(35)39-16-24-17(2)40-30(37)41-24)25(23)34(28)15-18-11-13-19(14-12-18)20-7-4-5-8-21(20)26-32-29(36)42-33-26;;;/h4-14H,3,15-16H2,1-2H3,(H,32,33,36);;;. The predicted octanol–water partition coefficient (Wildman–Crippen LogP) is 3.79. The van der Waals surface area contributed by atoms with Gasteiger partial charge in [0, 0.05) is 5.56 Å². The topological polar surface area (TPSA) is 156 Å². The Morgan fingerprint density at radius 3 is 2.42 bits per heavy atom. The number of para-hydroxylation sites is 1. The maximum atomic E-state index is 13.2. The van der Waals surface area contributed by atoms with Gasteiger partial charge in [0.2, 0.25) is 0 Å². The van der Waals surface area contributed by atoms with Crippen LogP contribution in [0.5, 0.6) is 6.01 Å². The van der Waals surface area contributed by atoms with E-state index in [0.717, 1.165) is 22.3 Å². The molecule has 0 atom stereocenters. The number of aromatic nitrogens is 4. The van der Waals surface area contributed by atoms with E-state index in [0.29, 0.717) is 36.0 Å². The van der Waals surface area contributed by atoms with Crippen LogP contribution in [0.4, 0.5) is 0 Å². The first-order chi connectivity index (χ1) is 20.4. The van der Waals surface area contributed by atoms with Crippen molar-refractivity contribution in [3.63, 3.8) is 0 Å². The number of aryl methyl sites for hydroxylation is 1. The second kappa shape index (κ2) is 12.9. The molecule has 0 saturated carbocycles. The van der Waals surface area contributed by atoms with E-state index in [4.69, 9.17) is 18.3 Å². The molecule has 0 aliphatic carbocycles. The summed E-state index contributed by atoms with van der Waals surface area (Å²) in [5.41, 5.74) is 4.80. The molecule has 43 heavy (non-hydrogen) atoms. The number of benzene rings is 3. The summed E-state index contributed by atoms with van der Waals surface area (Å²) in [6.45, 7) is 3.88. The van der Waals surface area contributed by atoms with Crippen molar-refractivity contribution in [1.29, 1.82) is 0 Å². The molecule has 3 aromatic carbocycles. The second-order valence-corrected chi connectivity index (χ2v) is 9.28. The van der Waals surface area contributed by atoms with Gasteiger partial charge in [-0.25, -0.2) is 14.4 Å². The van der Waals surface area contributed by atoms with E-state index in [1.54, 1.807) is 25.1 Å². The Hall–Kier alpha value is -4.39. The monoisotopic (exact) mass is 610 g/mol. The Morgan fingerprint density at radius 1 is 0.977 bits per heavy atom. The van der Waals surface area contributed by atoms with Crippen molar-refractivity contribution >= 4 is 54.7 Å². The molecule has 6 aromatic rings. The van der Waals surface area contributed by atoms with Gasteiger partial charge in [-0.15, -0.1) is 0 Å². The van der Waals surface area contributed by atoms with Crippen LogP contribution in [0.25, 0.3) is 33.5 Å². The van der Waals surface area contributed by atoms with Crippen LogP contribution in [0.3, 0.4) is 0 Å². The number of ether oxygens (including phenoxy) is 2. The first-order valence-corrected chi connectivity index (χ1v) is 13.0. The number of nitrogens with zero attached hydrogens (tertiary/aromatic N) is 3. The molecule has 0 aliphatic rings. The number of nitrogens with one attached hydrogen (secondary N) is 1. The van der Waals surface area contributed by atoms with Gasteiger partial charge < -0.3 is 18.3 Å². The molecule has 0 amide bonds. The number of imidazole rings is 1. The fourth-order valence-electron chi connectivity index (χ4n) is 4.69. The van der Waals surface area contributed by atoms with Crippen molar-refractivity contribution < 1.29 is 27.6 Å². The van der Waals surface area contributed by atoms with Crippen LogP contribution in [-0.2, 0) is 17.9 Å². The van der Waals surface area contributed by atoms with E-state index < -0.39 is 17.5 Å². The number of hydrogen-bond acceptors (Lipinski definition) is 10. The van der Waals surface area contributed by atoms with Gasteiger partial charge >= 0.3 is 55.3 Å². The summed E-state index contributed by atoms with van der Waals surface area (Å²) in [6.07, 6.45) is 0. The molecule has 0 radical (unpaired) electrons. The first kappa shape index (κ1) is 30.1. The van der Waals surface area contributed by atoms with Crippen molar-refractivity contribution in [3.05, 3.63) is 111 Å². The van der Waals surface area contributed by atoms with E-state index in [1.807, 2.05) is 60.0 Å². The minimum atomic E-state index is -0.859. The SMILES string of the molecule is CCOc1nc2cccc(C(=O)OCc3oc(=O)oc3C)c2n1Cc1ccc(-c2ccccc2-c2noc(=O)[nH]2)cc1.[CaH2]. The predicted molar refractivity (Wildman–Crippen MR) is 158 cm³/mol. The summed E-state index contributed by atoms with van der Waals surface area (Å²) >= 11 is 0. The Morgan fingerprint density at radius 2 is 1.74 bits per heavy atom. The number of hydrogen-bond donors (Lipinski definition) is 1. The van der Waals surface area contributed by atoms with E-state index >= 15 is 0 Å². The molecule has 216 valence electrons. The van der Waals surface area contributed by atoms with Crippen molar-refractivity contribution in [2.24, 2.45) is 0 Å². The molecule has 0 spiro atoms. The zero-order valence-electron chi connectivity index (χ0n) is 22.6. The van der Waals surface area contributed by atoms with Crippen LogP contribution in [0.15, 0.2) is 89.7 Å². The van der Waals surface area contributed by atoms with Gasteiger partial charge in [0.05, 0.1) is 29.7 Å². The Bertz CT molecular complexity index is 2020. The number of fused-ring (bicyclic) bond motifs is 1. The summed E-state index contributed by atoms with van der Waals surface area (Å²) in [5.74, 6) is -1.38. The third kappa shape index (κ3) is 6.21.